The molecule has 0 unspecified atom stereocenters. The topological polar surface area (TPSA) is 24.7 Å². The highest BCUT2D eigenvalue weighted by atomic mass is 15.1. The number of fused-ring (bicyclic) bond motifs is 2. The maximum atomic E-state index is 4.48. The number of hydrogen-bond acceptors (Lipinski definition) is 2. The van der Waals surface area contributed by atoms with Crippen molar-refractivity contribution in [1.82, 2.24) is 0 Å². The zero-order chi connectivity index (χ0) is 14.8. The van der Waals surface area contributed by atoms with E-state index in [4.69, 9.17) is 0 Å². The lowest BCUT2D eigenvalue weighted by molar-refractivity contribution is 1.25. The van der Waals surface area contributed by atoms with E-state index in [-0.39, 0.29) is 0 Å². The first kappa shape index (κ1) is 12.7. The van der Waals surface area contributed by atoms with Gasteiger partial charge in [-0.25, -0.2) is 0 Å². The molecule has 0 amide bonds. The second-order valence-electron chi connectivity index (χ2n) is 5.20. The predicted molar refractivity (Wildman–Crippen MR) is 92.1 cm³/mol. The van der Waals surface area contributed by atoms with Crippen molar-refractivity contribution in [3.63, 3.8) is 0 Å². The maximum Gasteiger partial charge on any atom is 0.0935 e. The van der Waals surface area contributed by atoms with Crippen LogP contribution in [0.1, 0.15) is 0 Å². The van der Waals surface area contributed by atoms with Crippen LogP contribution < -0.4 is 0 Å². The van der Waals surface area contributed by atoms with E-state index >= 15 is 0 Å². The summed E-state index contributed by atoms with van der Waals surface area (Å²) in [5.41, 5.74) is 1.79. The Morgan fingerprint density at radius 1 is 0.409 bits per heavy atom. The largest absolute Gasteiger partial charge is 0.150 e. The molecule has 0 atom stereocenters. The summed E-state index contributed by atoms with van der Waals surface area (Å²) in [6, 6.07) is 28.7. The van der Waals surface area contributed by atoms with E-state index in [1.54, 1.807) is 0 Å². The number of nitrogens with zero attached hydrogens (tertiary/aromatic N) is 2. The number of hydrogen-bond donors (Lipinski definition) is 0. The first-order valence-electron chi connectivity index (χ1n) is 7.29. The van der Waals surface area contributed by atoms with E-state index in [1.165, 1.54) is 10.8 Å². The summed E-state index contributed by atoms with van der Waals surface area (Å²) < 4.78 is 0. The normalized spacial score (nSPS) is 11.5. The molecule has 104 valence electrons. The highest BCUT2D eigenvalue weighted by molar-refractivity contribution is 5.93. The zero-order valence-electron chi connectivity index (χ0n) is 12.0. The Morgan fingerprint density at radius 2 is 0.818 bits per heavy atom. The van der Waals surface area contributed by atoms with Crippen LogP contribution in [0.15, 0.2) is 95.2 Å². The molecule has 0 aliphatic heterocycles. The molecule has 2 nitrogen and oxygen atoms in total. The standard InChI is InChI=1S/C20H14N2/c1-3-11-17-15(7-1)9-5-13-19(17)21-22-20-14-6-10-16-8-2-4-12-18(16)20/h1-14H. The van der Waals surface area contributed by atoms with Crippen LogP contribution in [0.5, 0.6) is 0 Å². The van der Waals surface area contributed by atoms with Gasteiger partial charge in [-0.05, 0) is 22.9 Å². The van der Waals surface area contributed by atoms with Crippen LogP contribution in [0.4, 0.5) is 11.4 Å². The lowest BCUT2D eigenvalue weighted by Gasteiger charge is -2.02. The average molecular weight is 282 g/mol. The van der Waals surface area contributed by atoms with E-state index in [0.717, 1.165) is 22.1 Å². The number of benzene rings is 4. The van der Waals surface area contributed by atoms with Crippen molar-refractivity contribution < 1.29 is 0 Å². The first-order valence-corrected chi connectivity index (χ1v) is 7.29. The third-order valence-electron chi connectivity index (χ3n) is 3.80. The first-order chi connectivity index (χ1) is 10.9. The van der Waals surface area contributed by atoms with E-state index in [2.05, 4.69) is 46.6 Å². The van der Waals surface area contributed by atoms with E-state index in [1.807, 2.05) is 48.5 Å². The molecule has 4 rings (SSSR count). The van der Waals surface area contributed by atoms with Gasteiger partial charge in [0.25, 0.3) is 0 Å². The molecular formula is C20H14N2. The summed E-state index contributed by atoms with van der Waals surface area (Å²) in [4.78, 5) is 0. The highest BCUT2D eigenvalue weighted by Crippen LogP contribution is 2.30. The Morgan fingerprint density at radius 3 is 1.32 bits per heavy atom. The molecule has 0 radical (unpaired) electrons. The predicted octanol–water partition coefficient (Wildman–Crippen LogP) is 6.41. The van der Waals surface area contributed by atoms with Crippen molar-refractivity contribution in [3.8, 4) is 0 Å². The molecule has 0 aliphatic rings. The van der Waals surface area contributed by atoms with Crippen LogP contribution >= 0.6 is 0 Å². The van der Waals surface area contributed by atoms with Gasteiger partial charge in [0, 0.05) is 10.8 Å². The van der Waals surface area contributed by atoms with Crippen LogP contribution in [0.2, 0.25) is 0 Å². The molecule has 0 saturated heterocycles. The molecule has 0 N–H and O–H groups in total. The summed E-state index contributed by atoms with van der Waals surface area (Å²) in [6.07, 6.45) is 0. The third kappa shape index (κ3) is 2.25. The van der Waals surface area contributed by atoms with Crippen LogP contribution in [-0.2, 0) is 0 Å². The van der Waals surface area contributed by atoms with Gasteiger partial charge in [-0.3, -0.25) is 0 Å². The Hall–Kier alpha value is -3.00. The molecule has 4 aromatic carbocycles. The van der Waals surface area contributed by atoms with Gasteiger partial charge in [0.1, 0.15) is 0 Å². The molecule has 0 bridgehead atoms. The fraction of sp³-hybridized carbons (Fsp3) is 0. The molecular weight excluding hydrogens is 268 g/mol. The molecule has 0 spiro atoms. The van der Waals surface area contributed by atoms with E-state index < -0.39 is 0 Å². The van der Waals surface area contributed by atoms with Gasteiger partial charge >= 0.3 is 0 Å². The van der Waals surface area contributed by atoms with Gasteiger partial charge in [-0.1, -0.05) is 72.8 Å². The molecule has 4 aromatic rings. The smallest absolute Gasteiger partial charge is 0.0935 e. The van der Waals surface area contributed by atoms with E-state index in [0.29, 0.717) is 0 Å². The van der Waals surface area contributed by atoms with Crippen molar-refractivity contribution in [2.75, 3.05) is 0 Å². The lowest BCUT2D eigenvalue weighted by atomic mass is 10.1. The minimum absolute atomic E-state index is 0.894. The van der Waals surface area contributed by atoms with Crippen molar-refractivity contribution in [2.24, 2.45) is 10.2 Å². The molecule has 0 heterocycles. The van der Waals surface area contributed by atoms with Gasteiger partial charge < -0.3 is 0 Å². The van der Waals surface area contributed by atoms with Gasteiger partial charge in [-0.2, -0.15) is 0 Å². The van der Waals surface area contributed by atoms with Gasteiger partial charge in [0.2, 0.25) is 0 Å². The summed E-state index contributed by atoms with van der Waals surface area (Å²) in [5, 5.41) is 13.6. The molecule has 0 fully saturated rings. The second-order valence-corrected chi connectivity index (χ2v) is 5.20. The Labute approximate surface area is 128 Å². The Bertz CT molecular complexity index is 895. The zero-order valence-corrected chi connectivity index (χ0v) is 12.0. The average Bonchev–Trinajstić information content (AvgIpc) is 2.60. The molecule has 2 heteroatoms. The lowest BCUT2D eigenvalue weighted by Crippen LogP contribution is -1.74. The minimum atomic E-state index is 0.894. The van der Waals surface area contributed by atoms with E-state index in [9.17, 15) is 0 Å². The monoisotopic (exact) mass is 282 g/mol. The second kappa shape index (κ2) is 5.41. The molecule has 0 aliphatic carbocycles. The van der Waals surface area contributed by atoms with Crippen LogP contribution in [-0.4, -0.2) is 0 Å². The van der Waals surface area contributed by atoms with Crippen molar-refractivity contribution in [1.29, 1.82) is 0 Å². The number of rotatable bonds is 2. The third-order valence-corrected chi connectivity index (χ3v) is 3.80. The summed E-state index contributed by atoms with van der Waals surface area (Å²) >= 11 is 0. The van der Waals surface area contributed by atoms with Gasteiger partial charge in [0.05, 0.1) is 11.4 Å². The maximum absolute atomic E-state index is 4.48. The molecule has 0 aromatic heterocycles. The highest BCUT2D eigenvalue weighted by Gasteiger charge is 2.01. The Kier molecular flexibility index (Phi) is 3.13. The quantitative estimate of drug-likeness (QED) is 0.379. The van der Waals surface area contributed by atoms with Crippen molar-refractivity contribution >= 4 is 32.9 Å². The fourth-order valence-corrected chi connectivity index (χ4v) is 2.70. The molecule has 22 heavy (non-hydrogen) atoms. The van der Waals surface area contributed by atoms with Gasteiger partial charge in [0.15, 0.2) is 0 Å². The summed E-state index contributed by atoms with van der Waals surface area (Å²) in [5.74, 6) is 0. The molecule has 0 saturated carbocycles. The van der Waals surface area contributed by atoms with Crippen LogP contribution in [0.25, 0.3) is 21.5 Å². The van der Waals surface area contributed by atoms with Gasteiger partial charge in [-0.15, -0.1) is 10.2 Å². The van der Waals surface area contributed by atoms with Crippen molar-refractivity contribution in [2.45, 2.75) is 0 Å². The van der Waals surface area contributed by atoms with Crippen molar-refractivity contribution in [3.05, 3.63) is 84.9 Å². The number of azo groups is 1. The Balaban J connectivity index is 1.83. The fourth-order valence-electron chi connectivity index (χ4n) is 2.70. The summed E-state index contributed by atoms with van der Waals surface area (Å²) in [6.45, 7) is 0. The van der Waals surface area contributed by atoms with Crippen LogP contribution in [0, 0.1) is 0 Å². The SMILES string of the molecule is c1ccc2c(N=Nc3cccc4ccccc34)cccc2c1. The minimum Gasteiger partial charge on any atom is -0.150 e. The summed E-state index contributed by atoms with van der Waals surface area (Å²) in [7, 11) is 0. The van der Waals surface area contributed by atoms with Crippen LogP contribution in [0.3, 0.4) is 0 Å².